The van der Waals surface area contributed by atoms with Crippen LogP contribution in [0.5, 0.6) is 23.0 Å². The second-order valence-electron chi connectivity index (χ2n) is 5.99. The molecule has 1 aromatic heterocycles. The number of nitrogens with zero attached hydrogens (tertiary/aromatic N) is 2. The van der Waals surface area contributed by atoms with Crippen LogP contribution in [0.4, 0.5) is 0 Å². The number of methoxy groups -OCH3 is 4. The van der Waals surface area contributed by atoms with Crippen LogP contribution in [-0.2, 0) is 0 Å². The summed E-state index contributed by atoms with van der Waals surface area (Å²) in [6.45, 7) is 0. The Morgan fingerprint density at radius 2 is 0.900 bits per heavy atom. The molecule has 0 radical (unpaired) electrons. The van der Waals surface area contributed by atoms with Gasteiger partial charge in [-0.15, -0.1) is 0 Å². The first-order valence-electron chi connectivity index (χ1n) is 8.95. The van der Waals surface area contributed by atoms with Crippen molar-refractivity contribution < 1.29 is 18.9 Å². The Balaban J connectivity index is 1.86. The van der Waals surface area contributed by atoms with Gasteiger partial charge in [-0.3, -0.25) is 4.98 Å². The molecule has 0 N–H and O–H groups in total. The second kappa shape index (κ2) is 9.86. The lowest BCUT2D eigenvalue weighted by atomic mass is 10.2. The van der Waals surface area contributed by atoms with E-state index in [9.17, 15) is 0 Å². The molecule has 6 nitrogen and oxygen atoms in total. The molecule has 0 unspecified atom stereocenters. The number of aromatic nitrogens is 2. The molecule has 3 aromatic rings. The van der Waals surface area contributed by atoms with Gasteiger partial charge in [0.2, 0.25) is 0 Å². The molecule has 0 saturated heterocycles. The van der Waals surface area contributed by atoms with E-state index in [-0.39, 0.29) is 0 Å². The minimum atomic E-state index is 0.506. The van der Waals surface area contributed by atoms with Crippen LogP contribution < -0.4 is 18.9 Å². The average Bonchev–Trinajstić information content (AvgIpc) is 2.81. The molecular formula is C24H20N2O4. The largest absolute Gasteiger partial charge is 0.497 e. The maximum atomic E-state index is 5.26. The molecule has 150 valence electrons. The van der Waals surface area contributed by atoms with E-state index in [0.717, 1.165) is 11.1 Å². The van der Waals surface area contributed by atoms with E-state index in [1.165, 1.54) is 0 Å². The Morgan fingerprint density at radius 3 is 1.23 bits per heavy atom. The van der Waals surface area contributed by atoms with Crippen molar-refractivity contribution in [1.29, 1.82) is 0 Å². The number of ether oxygens (including phenoxy) is 4. The molecular weight excluding hydrogens is 380 g/mol. The zero-order valence-corrected chi connectivity index (χ0v) is 17.1. The van der Waals surface area contributed by atoms with Crippen LogP contribution in [-0.4, -0.2) is 38.4 Å². The number of benzene rings is 2. The van der Waals surface area contributed by atoms with Crippen molar-refractivity contribution in [2.75, 3.05) is 28.4 Å². The monoisotopic (exact) mass is 400 g/mol. The lowest BCUT2D eigenvalue weighted by molar-refractivity contribution is 0.394. The predicted octanol–water partition coefficient (Wildman–Crippen LogP) is 3.31. The van der Waals surface area contributed by atoms with Crippen molar-refractivity contribution in [3.63, 3.8) is 0 Å². The zero-order chi connectivity index (χ0) is 21.3. The quantitative estimate of drug-likeness (QED) is 0.626. The molecule has 6 heteroatoms. The lowest BCUT2D eigenvalue weighted by Crippen LogP contribution is -1.91. The maximum Gasteiger partial charge on any atom is 0.133 e. The van der Waals surface area contributed by atoms with Gasteiger partial charge in [-0.1, -0.05) is 11.8 Å². The highest BCUT2D eigenvalue weighted by molar-refractivity contribution is 5.50. The Bertz CT molecular complexity index is 1030. The third-order valence-electron chi connectivity index (χ3n) is 4.01. The summed E-state index contributed by atoms with van der Waals surface area (Å²) in [5, 5.41) is 0. The van der Waals surface area contributed by atoms with E-state index in [1.54, 1.807) is 53.0 Å². The standard InChI is InChI=1S/C24H20N2O4/c1-27-21-9-17(10-22(13-21)28-2)5-7-19-15-25-16-20(26-19)8-6-18-11-23(29-3)14-24(12-18)30-4/h9-16H,1-4H3. The third kappa shape index (κ3) is 5.43. The summed E-state index contributed by atoms with van der Waals surface area (Å²) in [5.74, 6) is 14.7. The first-order valence-corrected chi connectivity index (χ1v) is 8.95. The summed E-state index contributed by atoms with van der Waals surface area (Å²) in [6, 6.07) is 10.9. The molecule has 0 amide bonds. The van der Waals surface area contributed by atoms with Crippen LogP contribution in [0.25, 0.3) is 0 Å². The van der Waals surface area contributed by atoms with Gasteiger partial charge in [-0.05, 0) is 36.1 Å². The highest BCUT2D eigenvalue weighted by atomic mass is 16.5. The van der Waals surface area contributed by atoms with Crippen LogP contribution in [0.1, 0.15) is 22.5 Å². The van der Waals surface area contributed by atoms with Gasteiger partial charge >= 0.3 is 0 Å². The molecule has 0 aliphatic heterocycles. The van der Waals surface area contributed by atoms with Crippen molar-refractivity contribution >= 4 is 0 Å². The van der Waals surface area contributed by atoms with Crippen LogP contribution in [0.3, 0.4) is 0 Å². The van der Waals surface area contributed by atoms with E-state index in [2.05, 4.69) is 33.6 Å². The van der Waals surface area contributed by atoms with Gasteiger partial charge in [0, 0.05) is 23.3 Å². The van der Waals surface area contributed by atoms with Gasteiger partial charge in [0.15, 0.2) is 0 Å². The minimum absolute atomic E-state index is 0.506. The van der Waals surface area contributed by atoms with Gasteiger partial charge in [-0.25, -0.2) is 4.98 Å². The van der Waals surface area contributed by atoms with Gasteiger partial charge in [0.1, 0.15) is 34.4 Å². The van der Waals surface area contributed by atoms with E-state index >= 15 is 0 Å². The SMILES string of the molecule is COc1cc(C#Cc2cncc(C#Cc3cc(OC)cc(OC)c3)n2)cc(OC)c1. The minimum Gasteiger partial charge on any atom is -0.497 e. The van der Waals surface area contributed by atoms with Crippen LogP contribution in [0.2, 0.25) is 0 Å². The number of hydrogen-bond donors (Lipinski definition) is 0. The van der Waals surface area contributed by atoms with Crippen LogP contribution >= 0.6 is 0 Å². The smallest absolute Gasteiger partial charge is 0.133 e. The third-order valence-corrected chi connectivity index (χ3v) is 4.01. The Labute approximate surface area is 175 Å². The highest BCUT2D eigenvalue weighted by Gasteiger charge is 2.01. The predicted molar refractivity (Wildman–Crippen MR) is 113 cm³/mol. The van der Waals surface area contributed by atoms with E-state index in [1.807, 2.05) is 24.3 Å². The van der Waals surface area contributed by atoms with Crippen molar-refractivity contribution in [2.45, 2.75) is 0 Å². The fourth-order valence-electron chi connectivity index (χ4n) is 2.52. The van der Waals surface area contributed by atoms with E-state index in [0.29, 0.717) is 34.4 Å². The van der Waals surface area contributed by atoms with Crippen molar-refractivity contribution in [2.24, 2.45) is 0 Å². The summed E-state index contributed by atoms with van der Waals surface area (Å²) in [6.07, 6.45) is 3.17. The fraction of sp³-hybridized carbons (Fsp3) is 0.167. The summed E-state index contributed by atoms with van der Waals surface area (Å²) in [7, 11) is 6.38. The Kier molecular flexibility index (Phi) is 6.76. The number of rotatable bonds is 4. The molecule has 3 rings (SSSR count). The lowest BCUT2D eigenvalue weighted by Gasteiger charge is -2.04. The zero-order valence-electron chi connectivity index (χ0n) is 17.1. The molecule has 0 aliphatic carbocycles. The molecule has 0 aliphatic rings. The summed E-state index contributed by atoms with van der Waals surface area (Å²) in [5.41, 5.74) is 2.50. The molecule has 0 fully saturated rings. The van der Waals surface area contributed by atoms with Gasteiger partial charge < -0.3 is 18.9 Å². The summed E-state index contributed by atoms with van der Waals surface area (Å²) < 4.78 is 21.1. The molecule has 1 heterocycles. The summed E-state index contributed by atoms with van der Waals surface area (Å²) >= 11 is 0. The van der Waals surface area contributed by atoms with Crippen molar-refractivity contribution in [1.82, 2.24) is 9.97 Å². The maximum absolute atomic E-state index is 5.26. The summed E-state index contributed by atoms with van der Waals surface area (Å²) in [4.78, 5) is 8.62. The van der Waals surface area contributed by atoms with Crippen LogP contribution in [0, 0.1) is 23.7 Å². The normalized spacial score (nSPS) is 9.47. The fourth-order valence-corrected chi connectivity index (χ4v) is 2.52. The number of hydrogen-bond acceptors (Lipinski definition) is 6. The van der Waals surface area contributed by atoms with Crippen LogP contribution in [0.15, 0.2) is 48.8 Å². The molecule has 30 heavy (non-hydrogen) atoms. The average molecular weight is 400 g/mol. The topological polar surface area (TPSA) is 62.7 Å². The molecule has 0 saturated carbocycles. The molecule has 0 atom stereocenters. The molecule has 0 bridgehead atoms. The first-order chi connectivity index (χ1) is 14.6. The van der Waals surface area contributed by atoms with E-state index in [4.69, 9.17) is 18.9 Å². The van der Waals surface area contributed by atoms with Crippen molar-refractivity contribution in [3.05, 3.63) is 71.3 Å². The Hall–Kier alpha value is -4.16. The second-order valence-corrected chi connectivity index (χ2v) is 5.99. The molecule has 2 aromatic carbocycles. The van der Waals surface area contributed by atoms with E-state index < -0.39 is 0 Å². The van der Waals surface area contributed by atoms with Crippen molar-refractivity contribution in [3.8, 4) is 46.7 Å². The first kappa shape index (κ1) is 20.6. The van der Waals surface area contributed by atoms with Gasteiger partial charge in [0.25, 0.3) is 0 Å². The van der Waals surface area contributed by atoms with Gasteiger partial charge in [-0.2, -0.15) is 0 Å². The highest BCUT2D eigenvalue weighted by Crippen LogP contribution is 2.22. The molecule has 0 spiro atoms. The Morgan fingerprint density at radius 1 is 0.533 bits per heavy atom. The van der Waals surface area contributed by atoms with Gasteiger partial charge in [0.05, 0.1) is 40.8 Å².